The molecule has 1 heterocycles. The molecule has 0 aliphatic carbocycles. The van der Waals surface area contributed by atoms with Gasteiger partial charge in [0.25, 0.3) is 0 Å². The summed E-state index contributed by atoms with van der Waals surface area (Å²) < 4.78 is 2.21. The summed E-state index contributed by atoms with van der Waals surface area (Å²) in [6, 6.07) is 8.61. The summed E-state index contributed by atoms with van der Waals surface area (Å²) in [5.41, 5.74) is 2.70. The van der Waals surface area contributed by atoms with Crippen LogP contribution in [0.3, 0.4) is 0 Å². The Kier molecular flexibility index (Phi) is 5.62. The van der Waals surface area contributed by atoms with Gasteiger partial charge in [0, 0.05) is 43.8 Å². The molecule has 0 atom stereocenters. The largest absolute Gasteiger partial charge is 0.350 e. The number of aromatic nitrogens is 1. The lowest BCUT2D eigenvalue weighted by Crippen LogP contribution is -2.32. The van der Waals surface area contributed by atoms with Crippen molar-refractivity contribution in [2.75, 3.05) is 26.2 Å². The maximum absolute atomic E-state index is 3.58. The third kappa shape index (κ3) is 3.62. The molecule has 1 N–H and O–H groups in total. The SMILES string of the molecule is CCCN(CC)CCNCc1cn(C)c2ccccc12. The van der Waals surface area contributed by atoms with E-state index in [0.29, 0.717) is 0 Å². The van der Waals surface area contributed by atoms with Crippen molar-refractivity contribution in [1.82, 2.24) is 14.8 Å². The number of rotatable bonds is 8. The van der Waals surface area contributed by atoms with Gasteiger partial charge >= 0.3 is 0 Å². The second kappa shape index (κ2) is 7.46. The number of nitrogens with zero attached hydrogens (tertiary/aromatic N) is 2. The molecule has 0 aliphatic heterocycles. The lowest BCUT2D eigenvalue weighted by Gasteiger charge is -2.19. The minimum absolute atomic E-state index is 0.949. The molecule has 0 saturated carbocycles. The summed E-state index contributed by atoms with van der Waals surface area (Å²) in [6.07, 6.45) is 3.47. The molecule has 0 fully saturated rings. The zero-order valence-electron chi connectivity index (χ0n) is 13.0. The molecular formula is C17H27N3. The van der Waals surface area contributed by atoms with E-state index in [2.05, 4.69) is 66.1 Å². The van der Waals surface area contributed by atoms with Gasteiger partial charge in [-0.25, -0.2) is 0 Å². The average molecular weight is 273 g/mol. The predicted molar refractivity (Wildman–Crippen MR) is 87.0 cm³/mol. The lowest BCUT2D eigenvalue weighted by atomic mass is 10.2. The van der Waals surface area contributed by atoms with Crippen LogP contribution in [0.1, 0.15) is 25.8 Å². The molecule has 0 amide bonds. The van der Waals surface area contributed by atoms with Gasteiger partial charge in [0.15, 0.2) is 0 Å². The van der Waals surface area contributed by atoms with Crippen LogP contribution in [-0.4, -0.2) is 35.6 Å². The summed E-state index contributed by atoms with van der Waals surface area (Å²) in [4.78, 5) is 2.50. The maximum Gasteiger partial charge on any atom is 0.0481 e. The molecule has 0 unspecified atom stereocenters. The number of likely N-dealkylation sites (N-methyl/N-ethyl adjacent to an activating group) is 1. The van der Waals surface area contributed by atoms with Crippen LogP contribution < -0.4 is 5.32 Å². The van der Waals surface area contributed by atoms with Crippen LogP contribution in [0.4, 0.5) is 0 Å². The molecule has 1 aromatic heterocycles. The molecule has 3 heteroatoms. The fourth-order valence-electron chi connectivity index (χ4n) is 2.77. The molecule has 0 radical (unpaired) electrons. The molecule has 0 bridgehead atoms. The Morgan fingerprint density at radius 1 is 1.15 bits per heavy atom. The van der Waals surface area contributed by atoms with Gasteiger partial charge in [-0.1, -0.05) is 32.0 Å². The van der Waals surface area contributed by atoms with Crippen molar-refractivity contribution in [3.05, 3.63) is 36.0 Å². The van der Waals surface area contributed by atoms with E-state index in [-0.39, 0.29) is 0 Å². The van der Waals surface area contributed by atoms with Crippen LogP contribution in [-0.2, 0) is 13.6 Å². The van der Waals surface area contributed by atoms with Crippen LogP contribution in [0.25, 0.3) is 10.9 Å². The Balaban J connectivity index is 1.87. The molecule has 2 rings (SSSR count). The van der Waals surface area contributed by atoms with E-state index in [1.165, 1.54) is 29.4 Å². The van der Waals surface area contributed by atoms with Gasteiger partial charge in [-0.2, -0.15) is 0 Å². The number of hydrogen-bond donors (Lipinski definition) is 1. The van der Waals surface area contributed by atoms with Gasteiger partial charge < -0.3 is 14.8 Å². The van der Waals surface area contributed by atoms with Crippen molar-refractivity contribution in [3.8, 4) is 0 Å². The second-order valence-corrected chi connectivity index (χ2v) is 5.39. The Hall–Kier alpha value is -1.32. The van der Waals surface area contributed by atoms with Crippen LogP contribution in [0, 0.1) is 0 Å². The van der Waals surface area contributed by atoms with Crippen LogP contribution in [0.2, 0.25) is 0 Å². The summed E-state index contributed by atoms with van der Waals surface area (Å²) >= 11 is 0. The third-order valence-corrected chi connectivity index (χ3v) is 3.89. The van der Waals surface area contributed by atoms with E-state index >= 15 is 0 Å². The summed E-state index contributed by atoms with van der Waals surface area (Å²) in [5.74, 6) is 0. The van der Waals surface area contributed by atoms with Gasteiger partial charge in [0.2, 0.25) is 0 Å². The fourth-order valence-corrected chi connectivity index (χ4v) is 2.77. The van der Waals surface area contributed by atoms with Crippen molar-refractivity contribution >= 4 is 10.9 Å². The predicted octanol–water partition coefficient (Wildman–Crippen LogP) is 3.00. The first-order valence-electron chi connectivity index (χ1n) is 7.72. The second-order valence-electron chi connectivity index (χ2n) is 5.39. The topological polar surface area (TPSA) is 20.2 Å². The van der Waals surface area contributed by atoms with Crippen LogP contribution in [0.5, 0.6) is 0 Å². The van der Waals surface area contributed by atoms with E-state index in [1.54, 1.807) is 0 Å². The molecule has 0 spiro atoms. The zero-order chi connectivity index (χ0) is 14.4. The summed E-state index contributed by atoms with van der Waals surface area (Å²) in [6.45, 7) is 9.96. The minimum atomic E-state index is 0.949. The zero-order valence-corrected chi connectivity index (χ0v) is 13.0. The van der Waals surface area contributed by atoms with Gasteiger partial charge in [0.05, 0.1) is 0 Å². The van der Waals surface area contributed by atoms with Crippen molar-refractivity contribution in [2.24, 2.45) is 7.05 Å². The van der Waals surface area contributed by atoms with E-state index in [9.17, 15) is 0 Å². The number of nitrogens with one attached hydrogen (secondary N) is 1. The molecule has 2 aromatic rings. The highest BCUT2D eigenvalue weighted by molar-refractivity contribution is 5.83. The summed E-state index contributed by atoms with van der Waals surface area (Å²) in [5, 5.41) is 4.94. The van der Waals surface area contributed by atoms with Gasteiger partial charge in [0.1, 0.15) is 0 Å². The smallest absolute Gasteiger partial charge is 0.0481 e. The molecule has 3 nitrogen and oxygen atoms in total. The number of benzene rings is 1. The molecular weight excluding hydrogens is 246 g/mol. The Labute approximate surface area is 122 Å². The Morgan fingerprint density at radius 2 is 1.95 bits per heavy atom. The first-order chi connectivity index (χ1) is 9.76. The van der Waals surface area contributed by atoms with E-state index < -0.39 is 0 Å². The van der Waals surface area contributed by atoms with Crippen LogP contribution in [0.15, 0.2) is 30.5 Å². The fraction of sp³-hybridized carbons (Fsp3) is 0.529. The van der Waals surface area contributed by atoms with E-state index in [1.807, 2.05) is 0 Å². The minimum Gasteiger partial charge on any atom is -0.350 e. The third-order valence-electron chi connectivity index (χ3n) is 3.89. The summed E-state index contributed by atoms with van der Waals surface area (Å²) in [7, 11) is 2.12. The van der Waals surface area contributed by atoms with Crippen molar-refractivity contribution in [2.45, 2.75) is 26.8 Å². The first-order valence-corrected chi connectivity index (χ1v) is 7.72. The molecule has 0 aliphatic rings. The highest BCUT2D eigenvalue weighted by Crippen LogP contribution is 2.19. The maximum atomic E-state index is 3.58. The Bertz CT molecular complexity index is 530. The monoisotopic (exact) mass is 273 g/mol. The Morgan fingerprint density at radius 3 is 2.70 bits per heavy atom. The highest BCUT2D eigenvalue weighted by atomic mass is 15.1. The van der Waals surface area contributed by atoms with Crippen LogP contribution >= 0.6 is 0 Å². The quantitative estimate of drug-likeness (QED) is 0.746. The normalized spacial score (nSPS) is 11.6. The molecule has 0 saturated heterocycles. The standard InChI is InChI=1S/C17H27N3/c1-4-11-20(5-2)12-10-18-13-15-14-19(3)17-9-7-6-8-16(15)17/h6-9,14,18H,4-5,10-13H2,1-3H3. The van der Waals surface area contributed by atoms with E-state index in [4.69, 9.17) is 0 Å². The molecule has 20 heavy (non-hydrogen) atoms. The van der Waals surface area contributed by atoms with Crippen molar-refractivity contribution in [3.63, 3.8) is 0 Å². The van der Waals surface area contributed by atoms with Crippen molar-refractivity contribution in [1.29, 1.82) is 0 Å². The highest BCUT2D eigenvalue weighted by Gasteiger charge is 2.05. The number of para-hydroxylation sites is 1. The van der Waals surface area contributed by atoms with Crippen molar-refractivity contribution < 1.29 is 0 Å². The van der Waals surface area contributed by atoms with E-state index in [0.717, 1.165) is 26.2 Å². The lowest BCUT2D eigenvalue weighted by molar-refractivity contribution is 0.287. The van der Waals surface area contributed by atoms with Gasteiger partial charge in [-0.05, 0) is 31.1 Å². The number of aryl methyl sites for hydroxylation is 1. The number of hydrogen-bond acceptors (Lipinski definition) is 2. The first kappa shape index (κ1) is 15.1. The number of fused-ring (bicyclic) bond motifs is 1. The molecule has 1 aromatic carbocycles. The average Bonchev–Trinajstić information content (AvgIpc) is 2.79. The van der Waals surface area contributed by atoms with Gasteiger partial charge in [-0.15, -0.1) is 0 Å². The van der Waals surface area contributed by atoms with Gasteiger partial charge in [-0.3, -0.25) is 0 Å². The molecule has 110 valence electrons.